The maximum Gasteiger partial charge on any atom is 0.0900 e. The number of nitrogens with zero attached hydrogens (tertiary/aromatic N) is 2. The number of nitrogens with one attached hydrogen (secondary N) is 1. The quantitative estimate of drug-likeness (QED) is 0.889. The van der Waals surface area contributed by atoms with Crippen molar-refractivity contribution in [2.24, 2.45) is 0 Å². The normalized spacial score (nSPS) is 19.1. The largest absolute Gasteiger partial charge is 0.310 e. The van der Waals surface area contributed by atoms with Crippen molar-refractivity contribution in [3.05, 3.63) is 15.6 Å². The van der Waals surface area contributed by atoms with E-state index in [4.69, 9.17) is 0 Å². The predicted molar refractivity (Wildman–Crippen MR) is 78.2 cm³/mol. The summed E-state index contributed by atoms with van der Waals surface area (Å²) in [5.74, 6) is 0. The molecule has 1 aromatic rings. The van der Waals surface area contributed by atoms with Crippen LogP contribution in [0.25, 0.3) is 0 Å². The average molecular weight is 267 g/mol. The molecule has 1 aliphatic heterocycles. The lowest BCUT2D eigenvalue weighted by molar-refractivity contribution is 0.171. The van der Waals surface area contributed by atoms with Crippen molar-refractivity contribution in [1.29, 1.82) is 0 Å². The summed E-state index contributed by atoms with van der Waals surface area (Å²) in [6.07, 6.45) is 4.16. The molecule has 0 aromatic carbocycles. The van der Waals surface area contributed by atoms with E-state index in [1.807, 2.05) is 11.3 Å². The molecule has 0 spiro atoms. The first-order chi connectivity index (χ1) is 8.66. The van der Waals surface area contributed by atoms with Crippen LogP contribution in [-0.2, 0) is 6.54 Å². The van der Waals surface area contributed by atoms with Crippen molar-refractivity contribution in [3.8, 4) is 0 Å². The number of piperidine rings is 1. The summed E-state index contributed by atoms with van der Waals surface area (Å²) in [5.41, 5.74) is 1.19. The highest BCUT2D eigenvalue weighted by molar-refractivity contribution is 7.11. The number of hydrogen-bond acceptors (Lipinski definition) is 4. The van der Waals surface area contributed by atoms with E-state index in [0.29, 0.717) is 6.04 Å². The number of aromatic nitrogens is 1. The topological polar surface area (TPSA) is 28.2 Å². The molecule has 1 aliphatic rings. The van der Waals surface area contributed by atoms with Crippen molar-refractivity contribution in [2.45, 2.75) is 52.6 Å². The molecule has 3 nitrogen and oxygen atoms in total. The van der Waals surface area contributed by atoms with E-state index >= 15 is 0 Å². The summed E-state index contributed by atoms with van der Waals surface area (Å²) >= 11 is 1.81. The predicted octanol–water partition coefficient (Wildman–Crippen LogP) is 2.72. The summed E-state index contributed by atoms with van der Waals surface area (Å²) in [5, 5.41) is 4.76. The Kier molecular flexibility index (Phi) is 5.15. The van der Waals surface area contributed by atoms with Gasteiger partial charge >= 0.3 is 0 Å². The second-order valence-electron chi connectivity index (χ2n) is 5.32. The Balaban J connectivity index is 1.72. The fourth-order valence-corrected chi connectivity index (χ4v) is 3.53. The number of thiazole rings is 1. The van der Waals surface area contributed by atoms with Crippen molar-refractivity contribution in [2.75, 3.05) is 19.6 Å². The first-order valence-corrected chi connectivity index (χ1v) is 7.86. The molecule has 0 bridgehead atoms. The van der Waals surface area contributed by atoms with Gasteiger partial charge in [-0.25, -0.2) is 4.98 Å². The van der Waals surface area contributed by atoms with E-state index in [1.54, 1.807) is 0 Å². The van der Waals surface area contributed by atoms with Crippen molar-refractivity contribution in [3.63, 3.8) is 0 Å². The molecule has 0 amide bonds. The summed E-state index contributed by atoms with van der Waals surface area (Å²) < 4.78 is 0. The molecule has 1 saturated heterocycles. The summed E-state index contributed by atoms with van der Waals surface area (Å²) in [6.45, 7) is 11.1. The Bertz CT molecular complexity index is 369. The van der Waals surface area contributed by atoms with Gasteiger partial charge < -0.3 is 5.32 Å². The molecule has 1 fully saturated rings. The van der Waals surface area contributed by atoms with Gasteiger partial charge in [0.15, 0.2) is 0 Å². The number of likely N-dealkylation sites (tertiary alicyclic amines) is 1. The monoisotopic (exact) mass is 267 g/mol. The maximum atomic E-state index is 4.47. The number of aryl methyl sites for hydroxylation is 2. The zero-order valence-electron chi connectivity index (χ0n) is 11.8. The molecule has 1 aromatic heterocycles. The number of hydrogen-bond donors (Lipinski definition) is 1. The molecule has 2 heterocycles. The van der Waals surface area contributed by atoms with E-state index in [1.165, 1.54) is 47.9 Å². The van der Waals surface area contributed by atoms with Gasteiger partial charge in [0, 0.05) is 24.0 Å². The first kappa shape index (κ1) is 14.0. The molecule has 1 atom stereocenters. The zero-order valence-corrected chi connectivity index (χ0v) is 12.6. The van der Waals surface area contributed by atoms with Gasteiger partial charge in [-0.1, -0.05) is 6.42 Å². The van der Waals surface area contributed by atoms with E-state index in [0.717, 1.165) is 13.1 Å². The molecular weight excluding hydrogens is 242 g/mol. The molecule has 2 rings (SSSR count). The Morgan fingerprint density at radius 1 is 1.28 bits per heavy atom. The van der Waals surface area contributed by atoms with Crippen molar-refractivity contribution in [1.82, 2.24) is 15.2 Å². The minimum Gasteiger partial charge on any atom is -0.310 e. The Morgan fingerprint density at radius 2 is 2.00 bits per heavy atom. The highest BCUT2D eigenvalue weighted by Crippen LogP contribution is 2.17. The van der Waals surface area contributed by atoms with E-state index in [9.17, 15) is 0 Å². The van der Waals surface area contributed by atoms with Gasteiger partial charge in [-0.15, -0.1) is 11.3 Å². The molecular formula is C14H25N3S. The summed E-state index contributed by atoms with van der Waals surface area (Å²) in [6, 6.07) is 0.652. The summed E-state index contributed by atoms with van der Waals surface area (Å²) in [7, 11) is 0. The second-order valence-corrected chi connectivity index (χ2v) is 6.61. The summed E-state index contributed by atoms with van der Waals surface area (Å²) in [4.78, 5) is 8.47. The van der Waals surface area contributed by atoms with Crippen LogP contribution in [0.15, 0.2) is 0 Å². The molecule has 0 radical (unpaired) electrons. The Hall–Kier alpha value is -0.450. The smallest absolute Gasteiger partial charge is 0.0900 e. The molecule has 0 aliphatic carbocycles. The van der Waals surface area contributed by atoms with Crippen LogP contribution < -0.4 is 5.32 Å². The fourth-order valence-electron chi connectivity index (χ4n) is 2.62. The van der Waals surface area contributed by atoms with Gasteiger partial charge in [-0.3, -0.25) is 4.90 Å². The molecule has 4 heteroatoms. The third-order valence-electron chi connectivity index (χ3n) is 3.74. The van der Waals surface area contributed by atoms with Crippen LogP contribution >= 0.6 is 11.3 Å². The van der Waals surface area contributed by atoms with Gasteiger partial charge in [-0.2, -0.15) is 0 Å². The second kappa shape index (κ2) is 6.64. The van der Waals surface area contributed by atoms with Crippen LogP contribution in [0.3, 0.4) is 0 Å². The highest BCUT2D eigenvalue weighted by atomic mass is 32.1. The van der Waals surface area contributed by atoms with Gasteiger partial charge in [0.1, 0.15) is 0 Å². The minimum absolute atomic E-state index is 0.652. The molecule has 102 valence electrons. The fraction of sp³-hybridized carbons (Fsp3) is 0.786. The van der Waals surface area contributed by atoms with Crippen molar-refractivity contribution < 1.29 is 0 Å². The minimum atomic E-state index is 0.652. The lowest BCUT2D eigenvalue weighted by Gasteiger charge is -2.32. The van der Waals surface area contributed by atoms with Crippen LogP contribution in [0, 0.1) is 13.8 Å². The van der Waals surface area contributed by atoms with Crippen molar-refractivity contribution >= 4 is 11.3 Å². The first-order valence-electron chi connectivity index (χ1n) is 7.04. The van der Waals surface area contributed by atoms with Gasteiger partial charge in [-0.05, 0) is 46.7 Å². The molecule has 0 saturated carbocycles. The third-order valence-corrected chi connectivity index (χ3v) is 4.81. The zero-order chi connectivity index (χ0) is 13.0. The lowest BCUT2D eigenvalue weighted by Crippen LogP contribution is -2.42. The highest BCUT2D eigenvalue weighted by Gasteiger charge is 2.16. The van der Waals surface area contributed by atoms with E-state index in [2.05, 4.69) is 36.0 Å². The standard InChI is InChI=1S/C14H25N3S/c1-11(17-7-5-4-6-8-17)9-15-10-14-12(2)16-13(3)18-14/h11,15H,4-10H2,1-3H3. The molecule has 1 unspecified atom stereocenters. The van der Waals surface area contributed by atoms with E-state index in [-0.39, 0.29) is 0 Å². The lowest BCUT2D eigenvalue weighted by atomic mass is 10.1. The molecule has 1 N–H and O–H groups in total. The Morgan fingerprint density at radius 3 is 2.61 bits per heavy atom. The SMILES string of the molecule is Cc1nc(C)c(CNCC(C)N2CCCCC2)s1. The van der Waals surface area contributed by atoms with Crippen LogP contribution in [-0.4, -0.2) is 35.6 Å². The van der Waals surface area contributed by atoms with Gasteiger partial charge in [0.2, 0.25) is 0 Å². The number of rotatable bonds is 5. The van der Waals surface area contributed by atoms with Crippen LogP contribution in [0.2, 0.25) is 0 Å². The average Bonchev–Trinajstić information content (AvgIpc) is 2.69. The van der Waals surface area contributed by atoms with E-state index < -0.39 is 0 Å². The van der Waals surface area contributed by atoms with Gasteiger partial charge in [0.05, 0.1) is 10.7 Å². The van der Waals surface area contributed by atoms with Crippen LogP contribution in [0.5, 0.6) is 0 Å². The maximum absolute atomic E-state index is 4.47. The Labute approximate surface area is 115 Å². The van der Waals surface area contributed by atoms with Gasteiger partial charge in [0.25, 0.3) is 0 Å². The van der Waals surface area contributed by atoms with Crippen LogP contribution in [0.4, 0.5) is 0 Å². The van der Waals surface area contributed by atoms with Crippen LogP contribution in [0.1, 0.15) is 41.8 Å². The molecule has 18 heavy (non-hydrogen) atoms. The third kappa shape index (κ3) is 3.77.